The molecule has 0 unspecified atom stereocenters. The Morgan fingerprint density at radius 2 is 2.14 bits per heavy atom. The Morgan fingerprint density at radius 1 is 1.43 bits per heavy atom. The predicted molar refractivity (Wildman–Crippen MR) is 57.2 cm³/mol. The molecule has 0 saturated heterocycles. The molecule has 5 heteroatoms. The van der Waals surface area contributed by atoms with Crippen molar-refractivity contribution in [1.29, 1.82) is 0 Å². The summed E-state index contributed by atoms with van der Waals surface area (Å²) in [5, 5.41) is 0. The van der Waals surface area contributed by atoms with Gasteiger partial charge >= 0.3 is 0 Å². The Bertz CT molecular complexity index is 401. The number of benzene rings is 1. The zero-order valence-electron chi connectivity index (χ0n) is 8.03. The molecule has 3 N–H and O–H groups in total. The molecule has 0 bridgehead atoms. The average Bonchev–Trinajstić information content (AvgIpc) is 2.02. The number of nitrogen functional groups attached to an aromatic ring is 1. The van der Waals surface area contributed by atoms with E-state index >= 15 is 0 Å². The van der Waals surface area contributed by atoms with Gasteiger partial charge in [-0.15, -0.1) is 0 Å². The van der Waals surface area contributed by atoms with Gasteiger partial charge in [0.15, 0.2) is 0 Å². The highest BCUT2D eigenvalue weighted by Gasteiger charge is 2.09. The van der Waals surface area contributed by atoms with Crippen molar-refractivity contribution in [3.8, 4) is 0 Å². The van der Waals surface area contributed by atoms with Crippen LogP contribution in [0, 0.1) is 0 Å². The van der Waals surface area contributed by atoms with E-state index in [9.17, 15) is 8.42 Å². The second-order valence-electron chi connectivity index (χ2n) is 3.00. The number of rotatable bonds is 4. The number of hydrogen-bond acceptors (Lipinski definition) is 3. The summed E-state index contributed by atoms with van der Waals surface area (Å²) in [7, 11) is -3.21. The number of sulfonamides is 1. The highest BCUT2D eigenvalue weighted by atomic mass is 32.2. The van der Waals surface area contributed by atoms with Gasteiger partial charge in [-0.25, -0.2) is 13.1 Å². The third-order valence-corrected chi connectivity index (χ3v) is 3.11. The van der Waals surface area contributed by atoms with E-state index in [0.29, 0.717) is 17.8 Å². The molecule has 78 valence electrons. The first-order chi connectivity index (χ1) is 6.53. The summed E-state index contributed by atoms with van der Waals surface area (Å²) in [6.45, 7) is 2.15. The second-order valence-corrected chi connectivity index (χ2v) is 4.81. The fourth-order valence-corrected chi connectivity index (χ4v) is 2.33. The maximum absolute atomic E-state index is 11.4. The third-order valence-electron chi connectivity index (χ3n) is 1.67. The summed E-state index contributed by atoms with van der Waals surface area (Å²) in [6.07, 6.45) is 0. The number of nitrogens with one attached hydrogen (secondary N) is 1. The second kappa shape index (κ2) is 4.43. The van der Waals surface area contributed by atoms with E-state index in [1.807, 2.05) is 0 Å². The van der Waals surface area contributed by atoms with Crippen LogP contribution in [0.3, 0.4) is 0 Å². The van der Waals surface area contributed by atoms with Crippen LogP contribution in [0.15, 0.2) is 24.3 Å². The van der Waals surface area contributed by atoms with Crippen LogP contribution >= 0.6 is 0 Å². The van der Waals surface area contributed by atoms with Crippen LogP contribution < -0.4 is 10.5 Å². The topological polar surface area (TPSA) is 72.2 Å². The summed E-state index contributed by atoms with van der Waals surface area (Å²) in [5.41, 5.74) is 6.81. The lowest BCUT2D eigenvalue weighted by atomic mass is 10.2. The van der Waals surface area contributed by atoms with Crippen molar-refractivity contribution in [2.75, 3.05) is 12.3 Å². The van der Waals surface area contributed by atoms with E-state index in [-0.39, 0.29) is 5.75 Å². The van der Waals surface area contributed by atoms with Gasteiger partial charge in [-0.2, -0.15) is 0 Å². The molecule has 0 fully saturated rings. The lowest BCUT2D eigenvalue weighted by Crippen LogP contribution is -2.24. The molecule has 0 saturated carbocycles. The lowest BCUT2D eigenvalue weighted by Gasteiger charge is -2.04. The minimum Gasteiger partial charge on any atom is -0.399 e. The first kappa shape index (κ1) is 11.0. The van der Waals surface area contributed by atoms with E-state index in [4.69, 9.17) is 5.73 Å². The van der Waals surface area contributed by atoms with Gasteiger partial charge in [-0.3, -0.25) is 0 Å². The number of nitrogens with two attached hydrogens (primary N) is 1. The van der Waals surface area contributed by atoms with E-state index in [0.717, 1.165) is 0 Å². The molecule has 0 aliphatic heterocycles. The molecule has 0 aliphatic rings. The zero-order valence-corrected chi connectivity index (χ0v) is 8.84. The highest BCUT2D eigenvalue weighted by molar-refractivity contribution is 7.88. The summed E-state index contributed by atoms with van der Waals surface area (Å²) in [4.78, 5) is 0. The van der Waals surface area contributed by atoms with Crippen molar-refractivity contribution < 1.29 is 8.42 Å². The van der Waals surface area contributed by atoms with Crippen LogP contribution in [-0.4, -0.2) is 15.0 Å². The monoisotopic (exact) mass is 214 g/mol. The molecular weight excluding hydrogens is 200 g/mol. The Balaban J connectivity index is 2.79. The van der Waals surface area contributed by atoms with Gasteiger partial charge in [-0.1, -0.05) is 19.1 Å². The maximum atomic E-state index is 11.4. The van der Waals surface area contributed by atoms with Gasteiger partial charge in [-0.05, 0) is 17.7 Å². The van der Waals surface area contributed by atoms with E-state index in [1.165, 1.54) is 0 Å². The predicted octanol–water partition coefficient (Wildman–Crippen LogP) is 0.708. The van der Waals surface area contributed by atoms with Gasteiger partial charge in [0.1, 0.15) is 0 Å². The quantitative estimate of drug-likeness (QED) is 0.725. The van der Waals surface area contributed by atoms with Gasteiger partial charge in [0.05, 0.1) is 5.75 Å². The molecule has 0 heterocycles. The van der Waals surface area contributed by atoms with Crippen molar-refractivity contribution in [3.63, 3.8) is 0 Å². The summed E-state index contributed by atoms with van der Waals surface area (Å²) < 4.78 is 25.1. The fraction of sp³-hybridized carbons (Fsp3) is 0.333. The minimum absolute atomic E-state index is 0.0219. The largest absolute Gasteiger partial charge is 0.399 e. The Labute approximate surface area is 84.2 Å². The van der Waals surface area contributed by atoms with Crippen molar-refractivity contribution in [2.24, 2.45) is 0 Å². The van der Waals surface area contributed by atoms with Crippen LogP contribution in [0.5, 0.6) is 0 Å². The first-order valence-electron chi connectivity index (χ1n) is 4.35. The fourth-order valence-electron chi connectivity index (χ4n) is 1.17. The van der Waals surface area contributed by atoms with Gasteiger partial charge in [0.25, 0.3) is 0 Å². The van der Waals surface area contributed by atoms with E-state index in [2.05, 4.69) is 4.72 Å². The SMILES string of the molecule is CCNS(=O)(=O)Cc1cccc(N)c1. The molecule has 0 radical (unpaired) electrons. The highest BCUT2D eigenvalue weighted by Crippen LogP contribution is 2.09. The van der Waals surface area contributed by atoms with Crippen molar-refractivity contribution in [3.05, 3.63) is 29.8 Å². The van der Waals surface area contributed by atoms with Gasteiger partial charge in [0.2, 0.25) is 10.0 Å². The molecule has 1 aromatic carbocycles. The maximum Gasteiger partial charge on any atom is 0.215 e. The number of anilines is 1. The molecule has 0 spiro atoms. The molecule has 0 amide bonds. The molecular formula is C9H14N2O2S. The van der Waals surface area contributed by atoms with Crippen LogP contribution in [0.4, 0.5) is 5.69 Å². The van der Waals surface area contributed by atoms with Gasteiger partial charge in [0, 0.05) is 12.2 Å². The molecule has 1 aromatic rings. The normalized spacial score (nSPS) is 11.5. The van der Waals surface area contributed by atoms with E-state index in [1.54, 1.807) is 31.2 Å². The van der Waals surface area contributed by atoms with Crippen LogP contribution in [0.25, 0.3) is 0 Å². The molecule has 14 heavy (non-hydrogen) atoms. The zero-order chi connectivity index (χ0) is 10.6. The van der Waals surface area contributed by atoms with Crippen LogP contribution in [0.2, 0.25) is 0 Å². The molecule has 1 rings (SSSR count). The van der Waals surface area contributed by atoms with Crippen molar-refractivity contribution in [2.45, 2.75) is 12.7 Å². The van der Waals surface area contributed by atoms with Crippen molar-refractivity contribution in [1.82, 2.24) is 4.72 Å². The van der Waals surface area contributed by atoms with Crippen LogP contribution in [-0.2, 0) is 15.8 Å². The van der Waals surface area contributed by atoms with Crippen LogP contribution in [0.1, 0.15) is 12.5 Å². The summed E-state index contributed by atoms with van der Waals surface area (Å²) in [6, 6.07) is 6.87. The van der Waals surface area contributed by atoms with Gasteiger partial charge < -0.3 is 5.73 Å². The average molecular weight is 214 g/mol. The Morgan fingerprint density at radius 3 is 2.71 bits per heavy atom. The molecule has 0 aromatic heterocycles. The molecule has 0 aliphatic carbocycles. The minimum atomic E-state index is -3.21. The Kier molecular flexibility index (Phi) is 3.49. The van der Waals surface area contributed by atoms with E-state index < -0.39 is 10.0 Å². The first-order valence-corrected chi connectivity index (χ1v) is 6.00. The van der Waals surface area contributed by atoms with Crippen molar-refractivity contribution >= 4 is 15.7 Å². The molecule has 4 nitrogen and oxygen atoms in total. The number of hydrogen-bond donors (Lipinski definition) is 2. The summed E-state index contributed by atoms with van der Waals surface area (Å²) >= 11 is 0. The third kappa shape index (κ3) is 3.35. The smallest absolute Gasteiger partial charge is 0.215 e. The standard InChI is InChI=1S/C9H14N2O2S/c1-2-11-14(12,13)7-8-4-3-5-9(10)6-8/h3-6,11H,2,7,10H2,1H3. The lowest BCUT2D eigenvalue weighted by molar-refractivity contribution is 0.583. The summed E-state index contributed by atoms with van der Waals surface area (Å²) in [5.74, 6) is -0.0219. The Hall–Kier alpha value is -1.07. The molecule has 0 atom stereocenters.